The Morgan fingerprint density at radius 2 is 1.71 bits per heavy atom. The number of hydrogen-bond acceptors (Lipinski definition) is 2. The van der Waals surface area contributed by atoms with Crippen molar-refractivity contribution in [1.29, 1.82) is 0 Å². The van der Waals surface area contributed by atoms with Crippen molar-refractivity contribution in [2.75, 3.05) is 13.1 Å². The van der Waals surface area contributed by atoms with Gasteiger partial charge in [0, 0.05) is 18.6 Å². The molecule has 21 heavy (non-hydrogen) atoms. The molecule has 0 aromatic rings. The summed E-state index contributed by atoms with van der Waals surface area (Å²) in [5.41, 5.74) is 1.43. The van der Waals surface area contributed by atoms with Crippen molar-refractivity contribution in [3.05, 3.63) is 12.2 Å². The van der Waals surface area contributed by atoms with Crippen LogP contribution in [-0.4, -0.2) is 34.6 Å². The smallest absolute Gasteiger partial charge is 0.307 e. The van der Waals surface area contributed by atoms with E-state index in [1.54, 1.807) is 0 Å². The molecule has 3 nitrogen and oxygen atoms in total. The molecule has 0 aromatic heterocycles. The second-order valence-corrected chi connectivity index (χ2v) is 8.22. The Morgan fingerprint density at radius 1 is 1.24 bits per heavy atom. The summed E-state index contributed by atoms with van der Waals surface area (Å²) in [6.07, 6.45) is 8.15. The molecular formula is C18H29NO2. The quantitative estimate of drug-likeness (QED) is 0.761. The molecule has 0 radical (unpaired) electrons. The van der Waals surface area contributed by atoms with E-state index in [0.29, 0.717) is 6.54 Å². The normalized spacial score (nSPS) is 38.7. The molecule has 3 heteroatoms. The maximum absolute atomic E-state index is 11.3. The van der Waals surface area contributed by atoms with Crippen LogP contribution in [0.4, 0.5) is 0 Å². The second-order valence-electron chi connectivity index (χ2n) is 8.22. The van der Waals surface area contributed by atoms with Gasteiger partial charge in [-0.05, 0) is 63.2 Å². The molecule has 4 saturated carbocycles. The molecule has 0 aromatic carbocycles. The zero-order valence-electron chi connectivity index (χ0n) is 13.5. The number of carbonyl (C=O) groups is 1. The summed E-state index contributed by atoms with van der Waals surface area (Å²) < 4.78 is 0. The molecular weight excluding hydrogens is 262 g/mol. The Morgan fingerprint density at radius 3 is 2.10 bits per heavy atom. The van der Waals surface area contributed by atoms with Crippen LogP contribution in [0, 0.1) is 23.7 Å². The minimum atomic E-state index is -0.675. The van der Waals surface area contributed by atoms with Crippen LogP contribution in [0.15, 0.2) is 12.2 Å². The van der Waals surface area contributed by atoms with Gasteiger partial charge >= 0.3 is 5.97 Å². The van der Waals surface area contributed by atoms with Gasteiger partial charge in [-0.1, -0.05) is 19.1 Å². The SMILES string of the molecule is C=C(C)CN(CC(C)C(=O)O)C12CC3CC(CC(C3)C1)C2. The van der Waals surface area contributed by atoms with E-state index in [9.17, 15) is 9.90 Å². The molecule has 0 heterocycles. The Balaban J connectivity index is 1.81. The predicted octanol–water partition coefficient (Wildman–Crippen LogP) is 3.55. The fraction of sp³-hybridized carbons (Fsp3) is 0.833. The van der Waals surface area contributed by atoms with E-state index in [-0.39, 0.29) is 11.5 Å². The largest absolute Gasteiger partial charge is 0.481 e. The number of hydrogen-bond donors (Lipinski definition) is 1. The van der Waals surface area contributed by atoms with Gasteiger partial charge in [0.15, 0.2) is 0 Å². The topological polar surface area (TPSA) is 40.5 Å². The predicted molar refractivity (Wildman–Crippen MR) is 84.1 cm³/mol. The van der Waals surface area contributed by atoms with Crippen molar-refractivity contribution >= 4 is 5.97 Å². The minimum absolute atomic E-state index is 0.275. The Labute approximate surface area is 128 Å². The lowest BCUT2D eigenvalue weighted by atomic mass is 9.52. The van der Waals surface area contributed by atoms with Crippen LogP contribution in [0.5, 0.6) is 0 Å². The Kier molecular flexibility index (Phi) is 3.89. The molecule has 4 fully saturated rings. The number of rotatable bonds is 6. The summed E-state index contributed by atoms with van der Waals surface area (Å²) in [4.78, 5) is 13.8. The molecule has 0 aliphatic heterocycles. The third-order valence-electron chi connectivity index (χ3n) is 6.05. The highest BCUT2D eigenvalue weighted by Gasteiger charge is 2.53. The molecule has 1 atom stereocenters. The molecule has 0 spiro atoms. The van der Waals surface area contributed by atoms with E-state index in [2.05, 4.69) is 18.4 Å². The lowest BCUT2D eigenvalue weighted by Gasteiger charge is -2.61. The average molecular weight is 291 g/mol. The van der Waals surface area contributed by atoms with Crippen molar-refractivity contribution in [2.45, 2.75) is 57.9 Å². The first kappa shape index (κ1) is 15.1. The van der Waals surface area contributed by atoms with Gasteiger partial charge in [-0.15, -0.1) is 0 Å². The average Bonchev–Trinajstić information content (AvgIpc) is 2.35. The van der Waals surface area contributed by atoms with E-state index >= 15 is 0 Å². The van der Waals surface area contributed by atoms with Gasteiger partial charge in [0.05, 0.1) is 5.92 Å². The van der Waals surface area contributed by atoms with Gasteiger partial charge in [-0.25, -0.2) is 0 Å². The molecule has 4 rings (SSSR count). The molecule has 0 saturated heterocycles. The summed E-state index contributed by atoms with van der Waals surface area (Å²) in [6, 6.07) is 0. The van der Waals surface area contributed by atoms with Crippen molar-refractivity contribution in [2.24, 2.45) is 23.7 Å². The van der Waals surface area contributed by atoms with E-state index in [1.165, 1.54) is 38.5 Å². The van der Waals surface area contributed by atoms with Crippen molar-refractivity contribution in [3.8, 4) is 0 Å². The maximum atomic E-state index is 11.3. The summed E-state index contributed by atoms with van der Waals surface area (Å²) >= 11 is 0. The van der Waals surface area contributed by atoms with Gasteiger partial charge in [-0.2, -0.15) is 0 Å². The Hall–Kier alpha value is -0.830. The number of nitrogens with zero attached hydrogens (tertiary/aromatic N) is 1. The molecule has 118 valence electrons. The third kappa shape index (κ3) is 2.90. The summed E-state index contributed by atoms with van der Waals surface area (Å²) in [5.74, 6) is 1.71. The van der Waals surface area contributed by atoms with Gasteiger partial charge in [0.2, 0.25) is 0 Å². The first-order valence-corrected chi connectivity index (χ1v) is 8.50. The van der Waals surface area contributed by atoms with Gasteiger partial charge in [0.1, 0.15) is 0 Å². The van der Waals surface area contributed by atoms with E-state index < -0.39 is 5.97 Å². The molecule has 1 unspecified atom stereocenters. The Bertz CT molecular complexity index is 407. The van der Waals surface area contributed by atoms with Gasteiger partial charge < -0.3 is 5.11 Å². The number of carboxylic acids is 1. The first-order chi connectivity index (χ1) is 9.88. The van der Waals surface area contributed by atoms with Crippen molar-refractivity contribution in [1.82, 2.24) is 4.90 Å². The lowest BCUT2D eigenvalue weighted by molar-refractivity contribution is -0.144. The molecule has 4 aliphatic carbocycles. The summed E-state index contributed by atoms with van der Waals surface area (Å²) in [5, 5.41) is 9.30. The van der Waals surface area contributed by atoms with Crippen molar-refractivity contribution in [3.63, 3.8) is 0 Å². The summed E-state index contributed by atoms with van der Waals surface area (Å²) in [6.45, 7) is 9.54. The first-order valence-electron chi connectivity index (χ1n) is 8.50. The number of carboxylic acid groups (broad SMARTS) is 1. The molecule has 4 aliphatic rings. The number of aliphatic carboxylic acids is 1. The monoisotopic (exact) mass is 291 g/mol. The van der Waals surface area contributed by atoms with E-state index in [0.717, 1.165) is 29.9 Å². The highest BCUT2D eigenvalue weighted by molar-refractivity contribution is 5.69. The standard InChI is InChI=1S/C18H29NO2/c1-12(2)10-19(11-13(3)17(20)21)18-7-14-4-15(8-18)6-16(5-14)9-18/h13-16H,1,4-11H2,2-3H3,(H,20,21). The highest BCUT2D eigenvalue weighted by Crippen LogP contribution is 2.57. The third-order valence-corrected chi connectivity index (χ3v) is 6.05. The van der Waals surface area contributed by atoms with Crippen LogP contribution in [0.25, 0.3) is 0 Å². The van der Waals surface area contributed by atoms with Crippen LogP contribution in [-0.2, 0) is 4.79 Å². The fourth-order valence-electron chi connectivity index (χ4n) is 5.61. The summed E-state index contributed by atoms with van der Waals surface area (Å²) in [7, 11) is 0. The van der Waals surface area contributed by atoms with E-state index in [4.69, 9.17) is 0 Å². The van der Waals surface area contributed by atoms with Crippen LogP contribution in [0.2, 0.25) is 0 Å². The maximum Gasteiger partial charge on any atom is 0.307 e. The van der Waals surface area contributed by atoms with Crippen molar-refractivity contribution < 1.29 is 9.90 Å². The zero-order chi connectivity index (χ0) is 15.2. The lowest BCUT2D eigenvalue weighted by Crippen LogP contribution is -2.61. The highest BCUT2D eigenvalue weighted by atomic mass is 16.4. The van der Waals surface area contributed by atoms with Crippen LogP contribution < -0.4 is 0 Å². The van der Waals surface area contributed by atoms with Crippen LogP contribution >= 0.6 is 0 Å². The zero-order valence-corrected chi connectivity index (χ0v) is 13.5. The van der Waals surface area contributed by atoms with Gasteiger partial charge in [-0.3, -0.25) is 9.69 Å². The minimum Gasteiger partial charge on any atom is -0.481 e. The molecule has 0 amide bonds. The second kappa shape index (κ2) is 5.42. The molecule has 1 N–H and O–H groups in total. The molecule has 4 bridgehead atoms. The fourth-order valence-corrected chi connectivity index (χ4v) is 5.61. The van der Waals surface area contributed by atoms with Gasteiger partial charge in [0.25, 0.3) is 0 Å². The van der Waals surface area contributed by atoms with Crippen LogP contribution in [0.3, 0.4) is 0 Å². The van der Waals surface area contributed by atoms with Crippen LogP contribution in [0.1, 0.15) is 52.4 Å². The van der Waals surface area contributed by atoms with E-state index in [1.807, 2.05) is 6.92 Å².